The van der Waals surface area contributed by atoms with Gasteiger partial charge in [0.05, 0.1) is 0 Å². The monoisotopic (exact) mass is 857 g/mol. The zero-order valence-electron chi connectivity index (χ0n) is 43.2. The smallest absolute Gasteiger partial charge is 0.190 e. The Bertz CT molecular complexity index is 1880. The van der Waals surface area contributed by atoms with Crippen molar-refractivity contribution < 1.29 is 9.59 Å². The molecule has 63 heavy (non-hydrogen) atoms. The SMILES string of the molecule is C/C=C1/C(=O)C(C)=C(C/C=C(\C)CC/C=C(\C)CC/C=C(\C)CC/C=C(\C)CC/C=C(\C)CC/C=C(\C)CC/C=C(\C)CC/C=C(\C)CC/C=C(\C)CCC=C(C)C)C(=O)/C1=C/C. The summed E-state index contributed by atoms with van der Waals surface area (Å²) in [6, 6.07) is 0. The van der Waals surface area contributed by atoms with Crippen LogP contribution in [0.25, 0.3) is 0 Å². The van der Waals surface area contributed by atoms with Crippen molar-refractivity contribution in [2.24, 2.45) is 0 Å². The molecule has 0 fully saturated rings. The number of ketones is 2. The van der Waals surface area contributed by atoms with Gasteiger partial charge in [0.2, 0.25) is 0 Å². The minimum atomic E-state index is -0.0232. The highest BCUT2D eigenvalue weighted by molar-refractivity contribution is 6.29. The van der Waals surface area contributed by atoms with Crippen LogP contribution in [0.3, 0.4) is 0 Å². The van der Waals surface area contributed by atoms with Gasteiger partial charge < -0.3 is 0 Å². The fourth-order valence-electron chi connectivity index (χ4n) is 7.89. The van der Waals surface area contributed by atoms with Crippen molar-refractivity contribution in [3.8, 4) is 0 Å². The summed E-state index contributed by atoms with van der Waals surface area (Å²) in [5.74, 6) is -0.0320. The van der Waals surface area contributed by atoms with Crippen molar-refractivity contribution in [1.29, 1.82) is 0 Å². The molecule has 0 bridgehead atoms. The molecule has 0 radical (unpaired) electrons. The Morgan fingerprint density at radius 2 is 0.556 bits per heavy atom. The number of carbonyl (C=O) groups excluding carboxylic acids is 2. The molecule has 1 aliphatic carbocycles. The van der Waals surface area contributed by atoms with Crippen LogP contribution in [0.15, 0.2) is 151 Å². The molecule has 1 aliphatic rings. The van der Waals surface area contributed by atoms with Crippen molar-refractivity contribution >= 4 is 11.6 Å². The average molecular weight is 857 g/mol. The summed E-state index contributed by atoms with van der Waals surface area (Å²) in [6.45, 7) is 30.2. The first-order valence-electron chi connectivity index (χ1n) is 24.6. The third kappa shape index (κ3) is 26.4. The Kier molecular flexibility index (Phi) is 30.3. The first kappa shape index (κ1) is 57.0. The maximum atomic E-state index is 13.1. The van der Waals surface area contributed by atoms with Gasteiger partial charge in [-0.25, -0.2) is 0 Å². The largest absolute Gasteiger partial charge is 0.289 e. The van der Waals surface area contributed by atoms with Gasteiger partial charge in [0.25, 0.3) is 0 Å². The molecule has 0 amide bonds. The van der Waals surface area contributed by atoms with Crippen LogP contribution in [0, 0.1) is 0 Å². The van der Waals surface area contributed by atoms with E-state index >= 15 is 0 Å². The molecule has 0 atom stereocenters. The zero-order valence-corrected chi connectivity index (χ0v) is 43.2. The van der Waals surface area contributed by atoms with E-state index in [0.717, 1.165) is 96.3 Å². The number of carbonyl (C=O) groups is 2. The standard InChI is InChI=1S/C61H92O2/c1-15-57-58(16-2)61(63)59(56(14)60(57)62)45-44-55(13)43-25-42-54(12)41-24-40-53(11)39-23-38-52(10)37-22-36-51(9)35-21-34-50(8)33-20-32-49(7)31-19-30-48(6)29-18-28-47(5)27-17-26-46(3)4/h15-16,26,28,30,32,34,36,38,40,42,44H,17-25,27,29,31,33,35,37,39,41,43,45H2,1-14H3/b47-28+,48-30+,49-32+,50-34+,51-36+,52-38+,53-40+,54-42+,55-44+,57-15+,58-16+. The van der Waals surface area contributed by atoms with Gasteiger partial charge in [-0.1, -0.05) is 129 Å². The van der Waals surface area contributed by atoms with Crippen LogP contribution in [0.4, 0.5) is 0 Å². The molecule has 0 heterocycles. The summed E-state index contributed by atoms with van der Waals surface area (Å²) < 4.78 is 0. The second-order valence-electron chi connectivity index (χ2n) is 19.0. The molecule has 1 rings (SSSR count). The summed E-state index contributed by atoms with van der Waals surface area (Å²) in [5.41, 5.74) is 17.0. The van der Waals surface area contributed by atoms with E-state index < -0.39 is 0 Å². The first-order chi connectivity index (χ1) is 30.0. The number of allylic oxidation sites excluding steroid dienone is 26. The molecule has 0 aromatic heterocycles. The van der Waals surface area contributed by atoms with Gasteiger partial charge in [0.15, 0.2) is 11.6 Å². The quantitative estimate of drug-likeness (QED) is 0.0555. The van der Waals surface area contributed by atoms with Gasteiger partial charge in [-0.05, 0) is 219 Å². The molecule has 0 spiro atoms. The van der Waals surface area contributed by atoms with E-state index in [4.69, 9.17) is 0 Å². The topological polar surface area (TPSA) is 34.1 Å². The van der Waals surface area contributed by atoms with Gasteiger partial charge in [-0.15, -0.1) is 0 Å². The van der Waals surface area contributed by atoms with Crippen LogP contribution >= 0.6 is 0 Å². The molecule has 0 saturated heterocycles. The van der Waals surface area contributed by atoms with Crippen molar-refractivity contribution in [3.05, 3.63) is 151 Å². The predicted molar refractivity (Wildman–Crippen MR) is 281 cm³/mol. The van der Waals surface area contributed by atoms with Gasteiger partial charge >= 0.3 is 0 Å². The van der Waals surface area contributed by atoms with E-state index in [0.29, 0.717) is 28.7 Å². The molecule has 0 saturated carbocycles. The summed E-state index contributed by atoms with van der Waals surface area (Å²) in [4.78, 5) is 25.8. The maximum absolute atomic E-state index is 13.1. The number of hydrogen-bond donors (Lipinski definition) is 0. The molecule has 0 aromatic carbocycles. The third-order valence-electron chi connectivity index (χ3n) is 12.4. The minimum absolute atomic E-state index is 0.00877. The number of rotatable bonds is 29. The minimum Gasteiger partial charge on any atom is -0.289 e. The van der Waals surface area contributed by atoms with E-state index in [1.807, 2.05) is 13.8 Å². The molecule has 0 unspecified atom stereocenters. The van der Waals surface area contributed by atoms with Crippen LogP contribution < -0.4 is 0 Å². The average Bonchev–Trinajstić information content (AvgIpc) is 3.21. The maximum Gasteiger partial charge on any atom is 0.190 e. The first-order valence-corrected chi connectivity index (χ1v) is 24.6. The Morgan fingerprint density at radius 3 is 0.794 bits per heavy atom. The lowest BCUT2D eigenvalue weighted by Gasteiger charge is -2.20. The molecule has 2 nitrogen and oxygen atoms in total. The summed E-state index contributed by atoms with van der Waals surface area (Å²) >= 11 is 0. The molecule has 348 valence electrons. The summed E-state index contributed by atoms with van der Waals surface area (Å²) in [5, 5.41) is 0. The van der Waals surface area contributed by atoms with E-state index in [1.54, 1.807) is 19.1 Å². The molecule has 0 aromatic rings. The van der Waals surface area contributed by atoms with Crippen LogP contribution in [0.2, 0.25) is 0 Å². The highest BCUT2D eigenvalue weighted by Gasteiger charge is 2.31. The van der Waals surface area contributed by atoms with Gasteiger partial charge in [-0.2, -0.15) is 0 Å². The van der Waals surface area contributed by atoms with Crippen molar-refractivity contribution in [2.45, 2.75) is 219 Å². The second-order valence-corrected chi connectivity index (χ2v) is 19.0. The van der Waals surface area contributed by atoms with Gasteiger partial charge in [-0.3, -0.25) is 9.59 Å². The summed E-state index contributed by atoms with van der Waals surface area (Å²) in [7, 11) is 0. The van der Waals surface area contributed by atoms with E-state index in [2.05, 4.69) is 137 Å². The third-order valence-corrected chi connectivity index (χ3v) is 12.4. The number of hydrogen-bond acceptors (Lipinski definition) is 2. The zero-order chi connectivity index (χ0) is 47.2. The lowest BCUT2D eigenvalue weighted by atomic mass is 9.81. The van der Waals surface area contributed by atoms with Gasteiger partial charge in [0, 0.05) is 22.3 Å². The Hall–Kier alpha value is -4.04. The molecule has 0 aliphatic heterocycles. The predicted octanol–water partition coefficient (Wildman–Crippen LogP) is 19.2. The van der Waals surface area contributed by atoms with E-state index in [-0.39, 0.29) is 11.6 Å². The van der Waals surface area contributed by atoms with Crippen molar-refractivity contribution in [2.75, 3.05) is 0 Å². The Labute approximate surface area is 389 Å². The molecule has 2 heteroatoms. The highest BCUT2D eigenvalue weighted by atomic mass is 16.1. The molecular weight excluding hydrogens is 765 g/mol. The normalized spacial score (nSPS) is 17.3. The van der Waals surface area contributed by atoms with Crippen LogP contribution in [0.1, 0.15) is 219 Å². The molecular formula is C61H92O2. The van der Waals surface area contributed by atoms with Crippen LogP contribution in [-0.4, -0.2) is 11.6 Å². The lowest BCUT2D eigenvalue weighted by molar-refractivity contribution is -0.116. The van der Waals surface area contributed by atoms with Crippen LogP contribution in [0.5, 0.6) is 0 Å². The lowest BCUT2D eigenvalue weighted by Crippen LogP contribution is -2.23. The summed E-state index contributed by atoms with van der Waals surface area (Å²) in [6.07, 6.45) is 48.2. The Morgan fingerprint density at radius 1 is 0.333 bits per heavy atom. The Balaban J connectivity index is 2.31. The highest BCUT2D eigenvalue weighted by Crippen LogP contribution is 2.30. The fourth-order valence-corrected chi connectivity index (χ4v) is 7.89. The molecule has 0 N–H and O–H groups in total. The van der Waals surface area contributed by atoms with Crippen molar-refractivity contribution in [1.82, 2.24) is 0 Å². The van der Waals surface area contributed by atoms with E-state index in [9.17, 15) is 9.59 Å². The van der Waals surface area contributed by atoms with Gasteiger partial charge in [0.1, 0.15) is 0 Å². The van der Waals surface area contributed by atoms with Crippen molar-refractivity contribution in [3.63, 3.8) is 0 Å². The van der Waals surface area contributed by atoms with Crippen LogP contribution in [-0.2, 0) is 9.59 Å². The second kappa shape index (κ2) is 33.5. The fraction of sp³-hybridized carbons (Fsp3) is 0.541. The van der Waals surface area contributed by atoms with E-state index in [1.165, 1.54) is 75.0 Å². The number of Topliss-reactive ketones (excluding diaryl/α,β-unsaturated/α-hetero) is 2.